The summed E-state index contributed by atoms with van der Waals surface area (Å²) in [7, 11) is -1.30. The van der Waals surface area contributed by atoms with E-state index in [-0.39, 0.29) is 5.56 Å². The normalized spacial score (nSPS) is 14.1. The third-order valence-electron chi connectivity index (χ3n) is 2.00. The molecule has 1 aromatic rings. The molecule has 1 aromatic carbocycles. The molecule has 0 N–H and O–H groups in total. The van der Waals surface area contributed by atoms with Crippen molar-refractivity contribution in [2.75, 3.05) is 0 Å². The van der Waals surface area contributed by atoms with Crippen molar-refractivity contribution >= 4 is 21.0 Å². The summed E-state index contributed by atoms with van der Waals surface area (Å²) in [5.41, 5.74) is 0.566. The first kappa shape index (κ1) is 9.91. The van der Waals surface area contributed by atoms with Crippen molar-refractivity contribution in [3.8, 4) is 5.75 Å². The largest absolute Gasteiger partial charge is 0.546 e. The van der Waals surface area contributed by atoms with Gasteiger partial charge in [-0.2, -0.15) is 0 Å². The summed E-state index contributed by atoms with van der Waals surface area (Å²) in [6.07, 6.45) is 0. The van der Waals surface area contributed by atoms with Gasteiger partial charge in [-0.15, -0.1) is 0 Å². The number of ether oxygens (including phenoxy) is 1. The molecule has 0 unspecified atom stereocenters. The average molecular weight is 222 g/mol. The van der Waals surface area contributed by atoms with E-state index in [0.29, 0.717) is 11.3 Å². The van der Waals surface area contributed by atoms with Crippen LogP contribution in [0.3, 0.4) is 0 Å². The Kier molecular flexibility index (Phi) is 2.32. The maximum absolute atomic E-state index is 11.4. The van der Waals surface area contributed by atoms with Gasteiger partial charge < -0.3 is 9.16 Å². The molecule has 1 aliphatic heterocycles. The molecule has 0 aliphatic carbocycles. The number of cyclic esters (lactones) is 2. The standard InChI is InChI=1S/C10H10O4Si/c1-15(2)14-7-5-3-4-6-8(7)10(12)13-9(6)11/h3-5,15H,1-2H3. The minimum absolute atomic E-state index is 0.267. The van der Waals surface area contributed by atoms with Crippen LogP contribution in [0.4, 0.5) is 0 Å². The van der Waals surface area contributed by atoms with Gasteiger partial charge in [-0.3, -0.25) is 0 Å². The molecular formula is C10H10O4Si. The van der Waals surface area contributed by atoms with Crippen molar-refractivity contribution in [2.45, 2.75) is 13.1 Å². The minimum Gasteiger partial charge on any atom is -0.546 e. The third-order valence-corrected chi connectivity index (χ3v) is 2.72. The van der Waals surface area contributed by atoms with E-state index in [4.69, 9.17) is 4.43 Å². The Morgan fingerprint density at radius 3 is 2.60 bits per heavy atom. The van der Waals surface area contributed by atoms with Gasteiger partial charge in [0.15, 0.2) is 0 Å². The average Bonchev–Trinajstić information content (AvgIpc) is 2.43. The summed E-state index contributed by atoms with van der Waals surface area (Å²) in [4.78, 5) is 22.6. The lowest BCUT2D eigenvalue weighted by molar-refractivity contribution is 0.0443. The van der Waals surface area contributed by atoms with E-state index in [0.717, 1.165) is 0 Å². The van der Waals surface area contributed by atoms with Crippen LogP contribution in [0.5, 0.6) is 5.75 Å². The molecule has 0 spiro atoms. The Balaban J connectivity index is 2.50. The lowest BCUT2D eigenvalue weighted by atomic mass is 10.1. The van der Waals surface area contributed by atoms with Gasteiger partial charge in [0, 0.05) is 0 Å². The molecule has 78 valence electrons. The van der Waals surface area contributed by atoms with Gasteiger partial charge in [-0.1, -0.05) is 6.07 Å². The second-order valence-electron chi connectivity index (χ2n) is 3.52. The summed E-state index contributed by atoms with van der Waals surface area (Å²) < 4.78 is 10.1. The van der Waals surface area contributed by atoms with Gasteiger partial charge in [0.1, 0.15) is 11.3 Å². The number of esters is 2. The first-order chi connectivity index (χ1) is 7.09. The van der Waals surface area contributed by atoms with E-state index >= 15 is 0 Å². The maximum Gasteiger partial charge on any atom is 0.350 e. The Labute approximate surface area is 88.5 Å². The van der Waals surface area contributed by atoms with Crippen molar-refractivity contribution in [2.24, 2.45) is 0 Å². The van der Waals surface area contributed by atoms with E-state index in [1.165, 1.54) is 0 Å². The van der Waals surface area contributed by atoms with E-state index in [1.807, 2.05) is 13.1 Å². The number of rotatable bonds is 2. The molecule has 0 bridgehead atoms. The Bertz CT molecular complexity index is 439. The van der Waals surface area contributed by atoms with Crippen LogP contribution in [0.25, 0.3) is 0 Å². The number of fused-ring (bicyclic) bond motifs is 1. The van der Waals surface area contributed by atoms with Gasteiger partial charge >= 0.3 is 11.9 Å². The molecule has 0 saturated heterocycles. The fraction of sp³-hybridized carbons (Fsp3) is 0.200. The van der Waals surface area contributed by atoms with Crippen molar-refractivity contribution < 1.29 is 18.8 Å². The maximum atomic E-state index is 11.4. The van der Waals surface area contributed by atoms with Gasteiger partial charge in [0.25, 0.3) is 0 Å². The fourth-order valence-electron chi connectivity index (χ4n) is 1.45. The summed E-state index contributed by atoms with van der Waals surface area (Å²) >= 11 is 0. The van der Waals surface area contributed by atoms with Crippen molar-refractivity contribution in [1.82, 2.24) is 0 Å². The van der Waals surface area contributed by atoms with Crippen LogP contribution in [-0.4, -0.2) is 21.0 Å². The summed E-state index contributed by atoms with van der Waals surface area (Å²) in [6, 6.07) is 4.94. The van der Waals surface area contributed by atoms with Crippen LogP contribution in [0.15, 0.2) is 18.2 Å². The highest BCUT2D eigenvalue weighted by Gasteiger charge is 2.32. The molecule has 2 rings (SSSR count). The van der Waals surface area contributed by atoms with Crippen LogP contribution in [0.2, 0.25) is 13.1 Å². The summed E-state index contributed by atoms with van der Waals surface area (Å²) in [5.74, 6) is -0.740. The lowest BCUT2D eigenvalue weighted by Gasteiger charge is -2.10. The highest BCUT2D eigenvalue weighted by Crippen LogP contribution is 2.29. The molecule has 0 radical (unpaired) electrons. The first-order valence-electron chi connectivity index (χ1n) is 4.66. The third kappa shape index (κ3) is 1.66. The minimum atomic E-state index is -1.30. The first-order valence-corrected chi connectivity index (χ1v) is 7.44. The molecule has 0 fully saturated rings. The number of carbonyl (C=O) groups excluding carboxylic acids is 2. The Hall–Kier alpha value is -1.62. The predicted molar refractivity (Wildman–Crippen MR) is 55.7 cm³/mol. The number of hydrogen-bond donors (Lipinski definition) is 0. The van der Waals surface area contributed by atoms with Crippen LogP contribution in [0, 0.1) is 0 Å². The molecule has 1 aliphatic rings. The SMILES string of the molecule is C[SiH](C)Oc1cccc2c1C(=O)OC2=O. The summed E-state index contributed by atoms with van der Waals surface area (Å²) in [5, 5.41) is 0. The predicted octanol–water partition coefficient (Wildman–Crippen LogP) is 1.36. The second-order valence-corrected chi connectivity index (χ2v) is 5.86. The Morgan fingerprint density at radius 2 is 1.93 bits per heavy atom. The molecule has 5 heteroatoms. The molecule has 0 amide bonds. The van der Waals surface area contributed by atoms with Gasteiger partial charge in [0.05, 0.1) is 5.56 Å². The number of benzene rings is 1. The fourth-order valence-corrected chi connectivity index (χ4v) is 2.16. The van der Waals surface area contributed by atoms with Gasteiger partial charge in [-0.05, 0) is 25.2 Å². The zero-order chi connectivity index (χ0) is 11.0. The number of hydrogen-bond acceptors (Lipinski definition) is 4. The zero-order valence-electron chi connectivity index (χ0n) is 8.44. The highest BCUT2D eigenvalue weighted by molar-refractivity contribution is 6.49. The van der Waals surface area contributed by atoms with E-state index in [9.17, 15) is 9.59 Å². The quantitative estimate of drug-likeness (QED) is 0.430. The topological polar surface area (TPSA) is 52.6 Å². The molecule has 0 saturated carbocycles. The molecule has 0 aromatic heterocycles. The van der Waals surface area contributed by atoms with E-state index in [2.05, 4.69) is 4.74 Å². The van der Waals surface area contributed by atoms with Crippen LogP contribution in [-0.2, 0) is 4.74 Å². The second kappa shape index (κ2) is 3.51. The lowest BCUT2D eigenvalue weighted by Crippen LogP contribution is -2.13. The van der Waals surface area contributed by atoms with Crippen LogP contribution >= 0.6 is 0 Å². The molecular weight excluding hydrogens is 212 g/mol. The van der Waals surface area contributed by atoms with Gasteiger partial charge in [0.2, 0.25) is 9.04 Å². The van der Waals surface area contributed by atoms with Crippen LogP contribution < -0.4 is 4.43 Å². The smallest absolute Gasteiger partial charge is 0.350 e. The monoisotopic (exact) mass is 222 g/mol. The number of carbonyl (C=O) groups is 2. The van der Waals surface area contributed by atoms with Crippen molar-refractivity contribution in [3.63, 3.8) is 0 Å². The molecule has 15 heavy (non-hydrogen) atoms. The molecule has 0 atom stereocenters. The van der Waals surface area contributed by atoms with E-state index < -0.39 is 21.0 Å². The molecule has 1 heterocycles. The van der Waals surface area contributed by atoms with Gasteiger partial charge in [-0.25, -0.2) is 9.59 Å². The van der Waals surface area contributed by atoms with Crippen molar-refractivity contribution in [1.29, 1.82) is 0 Å². The van der Waals surface area contributed by atoms with E-state index in [1.54, 1.807) is 18.2 Å². The molecule has 4 nitrogen and oxygen atoms in total. The zero-order valence-corrected chi connectivity index (χ0v) is 9.60. The van der Waals surface area contributed by atoms with Crippen LogP contribution in [0.1, 0.15) is 20.7 Å². The highest BCUT2D eigenvalue weighted by atomic mass is 28.3. The summed E-state index contributed by atoms with van der Waals surface area (Å²) in [6.45, 7) is 3.98. The van der Waals surface area contributed by atoms with Crippen molar-refractivity contribution in [3.05, 3.63) is 29.3 Å². The Morgan fingerprint density at radius 1 is 1.20 bits per heavy atom.